The first-order valence-electron chi connectivity index (χ1n) is 10.3. The van der Waals surface area contributed by atoms with E-state index in [9.17, 15) is 14.9 Å². The van der Waals surface area contributed by atoms with Crippen molar-refractivity contribution in [2.75, 3.05) is 20.3 Å². The zero-order valence-corrected chi connectivity index (χ0v) is 20.3. The van der Waals surface area contributed by atoms with Gasteiger partial charge in [0.25, 0.3) is 5.91 Å². The van der Waals surface area contributed by atoms with Gasteiger partial charge in [0.1, 0.15) is 17.4 Å². The predicted octanol–water partition coefficient (Wildman–Crippen LogP) is 4.91. The number of hydrogen-bond donors (Lipinski definition) is 1. The number of amides is 1. The van der Waals surface area contributed by atoms with Crippen LogP contribution in [0.1, 0.15) is 31.4 Å². The van der Waals surface area contributed by atoms with Gasteiger partial charge in [-0.1, -0.05) is 28.9 Å². The second kappa shape index (κ2) is 13.1. The number of ether oxygens (including phenoxy) is 3. The molecule has 1 amide bonds. The third-order valence-corrected chi connectivity index (χ3v) is 4.77. The summed E-state index contributed by atoms with van der Waals surface area (Å²) < 4.78 is 17.1. The van der Waals surface area contributed by atoms with Gasteiger partial charge in [0.2, 0.25) is 0 Å². The molecule has 0 bridgehead atoms. The Hall–Kier alpha value is -3.57. The van der Waals surface area contributed by atoms with Crippen LogP contribution in [0.2, 0.25) is 0 Å². The summed E-state index contributed by atoms with van der Waals surface area (Å²) >= 11 is 3.41. The summed E-state index contributed by atoms with van der Waals surface area (Å²) in [4.78, 5) is 24.4. The molecule has 0 saturated carbocycles. The van der Waals surface area contributed by atoms with Gasteiger partial charge in [-0.3, -0.25) is 4.79 Å². The number of halogens is 1. The summed E-state index contributed by atoms with van der Waals surface area (Å²) in [5.41, 5.74) is 1.25. The average Bonchev–Trinajstić information content (AvgIpc) is 2.81. The highest BCUT2D eigenvalue weighted by Gasteiger charge is 2.12. The minimum absolute atomic E-state index is 0.0303. The number of benzene rings is 2. The minimum atomic E-state index is -0.601. The fraction of sp³-hybridized carbons (Fsp3) is 0.240. The van der Waals surface area contributed by atoms with E-state index in [2.05, 4.69) is 21.2 Å². The van der Waals surface area contributed by atoms with Crippen LogP contribution in [0.3, 0.4) is 0 Å². The molecule has 0 fully saturated rings. The summed E-state index contributed by atoms with van der Waals surface area (Å²) in [6.45, 7) is 4.78. The highest BCUT2D eigenvalue weighted by atomic mass is 79.9. The topological polar surface area (TPSA) is 97.7 Å². The Morgan fingerprint density at radius 3 is 2.55 bits per heavy atom. The minimum Gasteiger partial charge on any atom is -0.493 e. The number of carbonyl (C=O) groups is 2. The van der Waals surface area contributed by atoms with Crippen molar-refractivity contribution in [1.82, 2.24) is 5.32 Å². The highest BCUT2D eigenvalue weighted by molar-refractivity contribution is 9.10. The van der Waals surface area contributed by atoms with E-state index in [1.54, 1.807) is 24.3 Å². The number of nitrogens with zero attached hydrogens (tertiary/aromatic N) is 1. The standard InChI is InChI=1S/C25H25BrN2O5/c1-4-12-28-25(30)19(16-27)13-17-6-9-22(23(14-17)31-3)33-24(29)11-7-18-15-20(26)8-10-21(18)32-5-2/h6-11,13-15H,4-5,12H2,1-3H3,(H,28,30)/b11-7+,19-13+. The van der Waals surface area contributed by atoms with E-state index in [1.165, 1.54) is 19.3 Å². The molecule has 7 nitrogen and oxygen atoms in total. The zero-order valence-electron chi connectivity index (χ0n) is 18.7. The maximum atomic E-state index is 12.4. The maximum absolute atomic E-state index is 12.4. The van der Waals surface area contributed by atoms with Crippen molar-refractivity contribution >= 4 is 40.0 Å². The third kappa shape index (κ3) is 7.81. The molecule has 0 aliphatic rings. The molecule has 0 spiro atoms. The summed E-state index contributed by atoms with van der Waals surface area (Å²) in [7, 11) is 1.44. The first kappa shape index (κ1) is 25.7. The number of nitriles is 1. The Labute approximate surface area is 201 Å². The van der Waals surface area contributed by atoms with Crippen LogP contribution in [-0.4, -0.2) is 32.1 Å². The van der Waals surface area contributed by atoms with Crippen molar-refractivity contribution in [3.63, 3.8) is 0 Å². The number of rotatable bonds is 10. The van der Waals surface area contributed by atoms with Crippen LogP contribution in [-0.2, 0) is 9.59 Å². The van der Waals surface area contributed by atoms with Gasteiger partial charge in [0, 0.05) is 22.7 Å². The van der Waals surface area contributed by atoms with Crippen LogP contribution in [0.5, 0.6) is 17.2 Å². The van der Waals surface area contributed by atoms with Gasteiger partial charge in [-0.2, -0.15) is 5.26 Å². The van der Waals surface area contributed by atoms with Crippen molar-refractivity contribution in [2.24, 2.45) is 0 Å². The van der Waals surface area contributed by atoms with Crippen LogP contribution in [0.4, 0.5) is 0 Å². The van der Waals surface area contributed by atoms with Crippen molar-refractivity contribution in [3.05, 3.63) is 63.6 Å². The molecule has 2 aromatic carbocycles. The Bertz CT molecular complexity index is 1100. The number of carbonyl (C=O) groups excluding carboxylic acids is 2. The normalized spacial score (nSPS) is 11.1. The molecule has 0 unspecified atom stereocenters. The number of esters is 1. The lowest BCUT2D eigenvalue weighted by Gasteiger charge is -2.10. The summed E-state index contributed by atoms with van der Waals surface area (Å²) in [6, 6.07) is 12.1. The van der Waals surface area contributed by atoms with Crippen LogP contribution < -0.4 is 19.5 Å². The first-order valence-corrected chi connectivity index (χ1v) is 11.1. The van der Waals surface area contributed by atoms with Gasteiger partial charge < -0.3 is 19.5 Å². The van der Waals surface area contributed by atoms with Crippen LogP contribution >= 0.6 is 15.9 Å². The molecule has 0 aromatic heterocycles. The third-order valence-electron chi connectivity index (χ3n) is 4.28. The quantitative estimate of drug-likeness (QED) is 0.210. The Balaban J connectivity index is 2.19. The summed E-state index contributed by atoms with van der Waals surface area (Å²) in [5, 5.41) is 11.9. The molecule has 33 heavy (non-hydrogen) atoms. The fourth-order valence-electron chi connectivity index (χ4n) is 2.74. The molecule has 0 aliphatic heterocycles. The van der Waals surface area contributed by atoms with Gasteiger partial charge in [-0.15, -0.1) is 0 Å². The van der Waals surface area contributed by atoms with E-state index in [-0.39, 0.29) is 17.1 Å². The van der Waals surface area contributed by atoms with Gasteiger partial charge >= 0.3 is 5.97 Å². The van der Waals surface area contributed by atoms with E-state index in [1.807, 2.05) is 38.1 Å². The molecule has 0 saturated heterocycles. The Kier molecular flexibility index (Phi) is 10.2. The second-order valence-corrected chi connectivity index (χ2v) is 7.62. The van der Waals surface area contributed by atoms with Gasteiger partial charge in [0.05, 0.1) is 13.7 Å². The lowest BCUT2D eigenvalue weighted by atomic mass is 10.1. The molecule has 0 aliphatic carbocycles. The molecule has 0 atom stereocenters. The van der Waals surface area contributed by atoms with E-state index in [0.717, 1.165) is 16.5 Å². The summed E-state index contributed by atoms with van der Waals surface area (Å²) in [5.74, 6) is 0.0927. The van der Waals surface area contributed by atoms with Crippen molar-refractivity contribution in [3.8, 4) is 23.3 Å². The lowest BCUT2D eigenvalue weighted by Crippen LogP contribution is -2.25. The van der Waals surface area contributed by atoms with E-state index in [0.29, 0.717) is 24.5 Å². The predicted molar refractivity (Wildman–Crippen MR) is 130 cm³/mol. The molecular formula is C25H25BrN2O5. The van der Waals surface area contributed by atoms with Crippen molar-refractivity contribution in [2.45, 2.75) is 20.3 Å². The monoisotopic (exact) mass is 512 g/mol. The molecule has 2 aromatic rings. The molecule has 0 radical (unpaired) electrons. The Morgan fingerprint density at radius 1 is 1.12 bits per heavy atom. The fourth-order valence-corrected chi connectivity index (χ4v) is 3.12. The molecular weight excluding hydrogens is 488 g/mol. The van der Waals surface area contributed by atoms with Gasteiger partial charge in [-0.25, -0.2) is 4.79 Å². The van der Waals surface area contributed by atoms with Crippen LogP contribution in [0, 0.1) is 11.3 Å². The smallest absolute Gasteiger partial charge is 0.336 e. The van der Waals surface area contributed by atoms with Crippen molar-refractivity contribution in [1.29, 1.82) is 5.26 Å². The van der Waals surface area contributed by atoms with Crippen LogP contribution in [0.15, 0.2) is 52.5 Å². The zero-order chi connectivity index (χ0) is 24.2. The van der Waals surface area contributed by atoms with E-state index in [4.69, 9.17) is 14.2 Å². The number of hydrogen-bond acceptors (Lipinski definition) is 6. The van der Waals surface area contributed by atoms with E-state index >= 15 is 0 Å². The second-order valence-electron chi connectivity index (χ2n) is 6.71. The molecule has 1 N–H and O–H groups in total. The molecule has 0 heterocycles. The largest absolute Gasteiger partial charge is 0.493 e. The van der Waals surface area contributed by atoms with Gasteiger partial charge in [-0.05, 0) is 61.4 Å². The highest BCUT2D eigenvalue weighted by Crippen LogP contribution is 2.30. The maximum Gasteiger partial charge on any atom is 0.336 e. The molecule has 2 rings (SSSR count). The SMILES string of the molecule is CCCNC(=O)/C(C#N)=C/c1ccc(OC(=O)/C=C/c2cc(Br)ccc2OCC)c(OC)c1. The molecule has 8 heteroatoms. The average molecular weight is 513 g/mol. The summed E-state index contributed by atoms with van der Waals surface area (Å²) in [6.07, 6.45) is 5.11. The number of methoxy groups -OCH3 is 1. The van der Waals surface area contributed by atoms with E-state index < -0.39 is 11.9 Å². The lowest BCUT2D eigenvalue weighted by molar-refractivity contribution is -0.129. The van der Waals surface area contributed by atoms with Crippen molar-refractivity contribution < 1.29 is 23.8 Å². The van der Waals surface area contributed by atoms with Crippen LogP contribution in [0.25, 0.3) is 12.2 Å². The number of nitrogens with one attached hydrogen (secondary N) is 1. The molecule has 172 valence electrons. The first-order chi connectivity index (χ1) is 15.9. The Morgan fingerprint density at radius 2 is 1.88 bits per heavy atom. The van der Waals surface area contributed by atoms with Gasteiger partial charge in [0.15, 0.2) is 11.5 Å².